The third kappa shape index (κ3) is 5.26. The molecule has 0 fully saturated rings. The molecule has 9 heteroatoms. The van der Waals surface area contributed by atoms with Gasteiger partial charge in [0.15, 0.2) is 0 Å². The molecule has 0 saturated carbocycles. The molecule has 3 heterocycles. The minimum absolute atomic E-state index is 0.0972. The minimum atomic E-state index is -0.212. The van der Waals surface area contributed by atoms with Crippen LogP contribution in [-0.4, -0.2) is 44.7 Å². The molecule has 0 radical (unpaired) electrons. The molecule has 0 aliphatic carbocycles. The van der Waals surface area contributed by atoms with Crippen molar-refractivity contribution in [2.75, 3.05) is 13.2 Å². The van der Waals surface area contributed by atoms with Crippen molar-refractivity contribution in [2.24, 2.45) is 14.1 Å². The number of hydrogen-bond acceptors (Lipinski definition) is 6. The molecule has 3 aromatic heterocycles. The van der Waals surface area contributed by atoms with Crippen LogP contribution in [0.2, 0.25) is 0 Å². The molecule has 0 spiro atoms. The molecule has 4 N–H and O–H groups in total. The Balaban J connectivity index is 1.98. The van der Waals surface area contributed by atoms with Crippen LogP contribution in [0.5, 0.6) is 5.75 Å². The van der Waals surface area contributed by atoms with E-state index in [-0.39, 0.29) is 30.4 Å². The van der Waals surface area contributed by atoms with Gasteiger partial charge in [-0.25, -0.2) is 0 Å². The van der Waals surface area contributed by atoms with E-state index in [0.717, 1.165) is 11.1 Å². The Hall–Kier alpha value is -4.37. The van der Waals surface area contributed by atoms with Gasteiger partial charge in [-0.2, -0.15) is 0 Å². The lowest BCUT2D eigenvalue weighted by atomic mass is 9.95. The molecule has 0 aliphatic rings. The van der Waals surface area contributed by atoms with Crippen molar-refractivity contribution >= 4 is 22.7 Å². The van der Waals surface area contributed by atoms with E-state index in [1.807, 2.05) is 38.1 Å². The number of aliphatic hydroxyl groups is 1. The van der Waals surface area contributed by atoms with Gasteiger partial charge in [-0.3, -0.25) is 9.59 Å². The Morgan fingerprint density at radius 1 is 1.11 bits per heavy atom. The smallest absolute Gasteiger partial charge is 0.274 e. The van der Waals surface area contributed by atoms with Gasteiger partial charge in [0.1, 0.15) is 17.9 Å². The first kappa shape index (κ1) is 25.7. The molecule has 0 amide bonds. The van der Waals surface area contributed by atoms with Crippen LogP contribution >= 0.6 is 0 Å². The number of benzene rings is 1. The first-order valence-corrected chi connectivity index (χ1v) is 12.0. The van der Waals surface area contributed by atoms with Crippen LogP contribution < -0.4 is 21.2 Å². The van der Waals surface area contributed by atoms with Gasteiger partial charge in [0.2, 0.25) is 0 Å². The zero-order valence-corrected chi connectivity index (χ0v) is 21.3. The Kier molecular flexibility index (Phi) is 7.45. The van der Waals surface area contributed by atoms with Gasteiger partial charge in [-0.05, 0) is 43.2 Å². The normalized spacial score (nSPS) is 11.8. The van der Waals surface area contributed by atoms with E-state index in [1.165, 1.54) is 15.3 Å². The number of H-pyrrole nitrogens is 1. The molecule has 0 atom stereocenters. The van der Waals surface area contributed by atoms with E-state index >= 15 is 0 Å². The van der Waals surface area contributed by atoms with Crippen molar-refractivity contribution in [2.45, 2.75) is 19.9 Å². The maximum atomic E-state index is 13.1. The SMILES string of the molecule is CC(C)N/C=C(\C=N)c1cc2c(-c3cc(=O)n(C)cc3-c3cccc(OCCO)c3)cn(C)c(=O)c2[nH]1. The number of aliphatic hydroxyl groups excluding tert-OH is 1. The fourth-order valence-corrected chi connectivity index (χ4v) is 4.16. The first-order valence-electron chi connectivity index (χ1n) is 12.0. The summed E-state index contributed by atoms with van der Waals surface area (Å²) in [4.78, 5) is 29.0. The number of nitrogens with one attached hydrogen (secondary N) is 3. The number of hydrogen-bond donors (Lipinski definition) is 4. The zero-order valence-electron chi connectivity index (χ0n) is 21.3. The van der Waals surface area contributed by atoms with Crippen LogP contribution in [0.15, 0.2) is 64.6 Å². The summed E-state index contributed by atoms with van der Waals surface area (Å²) in [5, 5.41) is 20.9. The number of aromatic nitrogens is 3. The predicted octanol–water partition coefficient (Wildman–Crippen LogP) is 3.26. The molecule has 0 unspecified atom stereocenters. The van der Waals surface area contributed by atoms with E-state index in [0.29, 0.717) is 39.0 Å². The summed E-state index contributed by atoms with van der Waals surface area (Å²) in [6, 6.07) is 11.0. The highest BCUT2D eigenvalue weighted by molar-refractivity contribution is 6.10. The average Bonchev–Trinajstić information content (AvgIpc) is 3.32. The molecule has 37 heavy (non-hydrogen) atoms. The number of fused-ring (bicyclic) bond motifs is 1. The molecule has 0 saturated heterocycles. The van der Waals surface area contributed by atoms with Crippen molar-refractivity contribution in [3.8, 4) is 28.0 Å². The number of aryl methyl sites for hydroxylation is 2. The lowest BCUT2D eigenvalue weighted by Crippen LogP contribution is -2.18. The summed E-state index contributed by atoms with van der Waals surface area (Å²) in [6.45, 7) is 4.07. The third-order valence-electron chi connectivity index (χ3n) is 6.03. The van der Waals surface area contributed by atoms with Crippen LogP contribution in [0, 0.1) is 5.41 Å². The van der Waals surface area contributed by atoms with Crippen LogP contribution in [-0.2, 0) is 14.1 Å². The Bertz CT molecular complexity index is 1610. The Morgan fingerprint density at radius 2 is 1.86 bits per heavy atom. The highest BCUT2D eigenvalue weighted by Crippen LogP contribution is 2.36. The molecule has 4 rings (SSSR count). The van der Waals surface area contributed by atoms with E-state index in [9.17, 15) is 9.59 Å². The highest BCUT2D eigenvalue weighted by atomic mass is 16.5. The third-order valence-corrected chi connectivity index (χ3v) is 6.03. The molecule has 0 bridgehead atoms. The van der Waals surface area contributed by atoms with Crippen LogP contribution in [0.1, 0.15) is 19.5 Å². The summed E-state index contributed by atoms with van der Waals surface area (Å²) in [6.07, 6.45) is 6.47. The lowest BCUT2D eigenvalue weighted by Gasteiger charge is -2.15. The fourth-order valence-electron chi connectivity index (χ4n) is 4.16. The fraction of sp³-hybridized carbons (Fsp3) is 0.250. The average molecular weight is 502 g/mol. The topological polar surface area (TPSA) is 125 Å². The maximum absolute atomic E-state index is 13.1. The van der Waals surface area contributed by atoms with Crippen molar-refractivity contribution in [3.05, 3.63) is 81.4 Å². The molecular formula is C28H31N5O4. The summed E-state index contributed by atoms with van der Waals surface area (Å²) in [5.74, 6) is 0.597. The minimum Gasteiger partial charge on any atom is -0.491 e. The first-order chi connectivity index (χ1) is 17.7. The van der Waals surface area contributed by atoms with E-state index in [1.54, 1.807) is 44.8 Å². The van der Waals surface area contributed by atoms with E-state index in [2.05, 4.69) is 10.3 Å². The quantitative estimate of drug-likeness (QED) is 0.262. The standard InChI is InChI=1S/C28H31N5O4/c1-17(2)30-14-19(13-29)25-11-22-24(16-33(4)28(36)27(22)31-25)21-12-26(35)32(3)15-23(21)18-6-5-7-20(10-18)37-9-8-34/h5-7,10-17,29-31,34H,8-9H2,1-4H3/b19-14+,29-13?. The molecule has 0 aliphatic heterocycles. The second-order valence-electron chi connectivity index (χ2n) is 9.15. The number of allylic oxidation sites excluding steroid dienone is 1. The van der Waals surface area contributed by atoms with Crippen molar-refractivity contribution < 1.29 is 9.84 Å². The van der Waals surface area contributed by atoms with Crippen molar-refractivity contribution in [3.63, 3.8) is 0 Å². The number of nitrogens with zero attached hydrogens (tertiary/aromatic N) is 2. The number of pyridine rings is 2. The van der Waals surface area contributed by atoms with Crippen molar-refractivity contribution in [1.82, 2.24) is 19.4 Å². The maximum Gasteiger partial charge on any atom is 0.274 e. The van der Waals surface area contributed by atoms with Crippen molar-refractivity contribution in [1.29, 1.82) is 5.41 Å². The molecule has 1 aromatic carbocycles. The van der Waals surface area contributed by atoms with Gasteiger partial charge in [-0.1, -0.05) is 12.1 Å². The van der Waals surface area contributed by atoms with Gasteiger partial charge in [0.25, 0.3) is 11.1 Å². The zero-order chi connectivity index (χ0) is 26.7. The van der Waals surface area contributed by atoms with Gasteiger partial charge in [0, 0.05) is 78.8 Å². The summed E-state index contributed by atoms with van der Waals surface area (Å²) in [7, 11) is 3.36. The second-order valence-corrected chi connectivity index (χ2v) is 9.15. The van der Waals surface area contributed by atoms with Gasteiger partial charge >= 0.3 is 0 Å². The number of ether oxygens (including phenoxy) is 1. The van der Waals surface area contributed by atoms with Gasteiger partial charge in [-0.15, -0.1) is 0 Å². The molecule has 9 nitrogen and oxygen atoms in total. The number of rotatable bonds is 9. The monoisotopic (exact) mass is 501 g/mol. The molecular weight excluding hydrogens is 470 g/mol. The van der Waals surface area contributed by atoms with Crippen LogP contribution in [0.3, 0.4) is 0 Å². The second kappa shape index (κ2) is 10.7. The highest BCUT2D eigenvalue weighted by Gasteiger charge is 2.18. The largest absolute Gasteiger partial charge is 0.491 e. The molecule has 4 aromatic rings. The van der Waals surface area contributed by atoms with Crippen LogP contribution in [0.4, 0.5) is 0 Å². The summed E-state index contributed by atoms with van der Waals surface area (Å²) >= 11 is 0. The van der Waals surface area contributed by atoms with Crippen LogP contribution in [0.25, 0.3) is 38.7 Å². The lowest BCUT2D eigenvalue weighted by molar-refractivity contribution is 0.201. The van der Waals surface area contributed by atoms with E-state index < -0.39 is 0 Å². The molecule has 192 valence electrons. The Labute approximate surface area is 214 Å². The predicted molar refractivity (Wildman–Crippen MR) is 147 cm³/mol. The van der Waals surface area contributed by atoms with Gasteiger partial charge < -0.3 is 34.7 Å². The van der Waals surface area contributed by atoms with E-state index in [4.69, 9.17) is 15.3 Å². The van der Waals surface area contributed by atoms with Gasteiger partial charge in [0.05, 0.1) is 6.61 Å². The Morgan fingerprint density at radius 3 is 2.57 bits per heavy atom. The number of aromatic amines is 1. The summed E-state index contributed by atoms with van der Waals surface area (Å²) in [5.41, 5.74) is 4.16. The summed E-state index contributed by atoms with van der Waals surface area (Å²) < 4.78 is 8.60.